The van der Waals surface area contributed by atoms with E-state index in [4.69, 9.17) is 4.74 Å². The van der Waals surface area contributed by atoms with Crippen molar-refractivity contribution in [2.75, 3.05) is 19.4 Å². The second-order valence-corrected chi connectivity index (χ2v) is 8.03. The van der Waals surface area contributed by atoms with E-state index in [9.17, 15) is 23.3 Å². The van der Waals surface area contributed by atoms with Crippen LogP contribution in [0.3, 0.4) is 0 Å². The molecule has 0 saturated carbocycles. The molecule has 28 heavy (non-hydrogen) atoms. The number of nitro groups is 1. The molecule has 0 bridgehead atoms. The van der Waals surface area contributed by atoms with Crippen LogP contribution in [0.5, 0.6) is 0 Å². The highest BCUT2D eigenvalue weighted by atomic mass is 32.2. The van der Waals surface area contributed by atoms with Crippen LogP contribution in [0.4, 0.5) is 5.69 Å². The molecule has 0 unspecified atom stereocenters. The Bertz CT molecular complexity index is 975. The van der Waals surface area contributed by atoms with E-state index in [0.29, 0.717) is 4.90 Å². The maximum atomic E-state index is 12.3. The van der Waals surface area contributed by atoms with E-state index in [1.54, 1.807) is 18.4 Å². The summed E-state index contributed by atoms with van der Waals surface area (Å²) >= 11 is 1.13. The highest BCUT2D eigenvalue weighted by molar-refractivity contribution is 7.98. The van der Waals surface area contributed by atoms with Crippen LogP contribution < -0.4 is 4.72 Å². The second-order valence-electron chi connectivity index (χ2n) is 5.41. The van der Waals surface area contributed by atoms with Crippen molar-refractivity contribution < 1.29 is 22.9 Å². The molecule has 2 aromatic carbocycles. The first kappa shape index (κ1) is 21.6. The minimum Gasteiger partial charge on any atom is -0.460 e. The molecule has 0 aliphatic rings. The summed E-state index contributed by atoms with van der Waals surface area (Å²) in [6.45, 7) is -0.594. The van der Waals surface area contributed by atoms with Crippen LogP contribution in [0.25, 0.3) is 6.08 Å². The van der Waals surface area contributed by atoms with Gasteiger partial charge in [-0.1, -0.05) is 36.4 Å². The topological polar surface area (TPSA) is 116 Å². The van der Waals surface area contributed by atoms with Crippen molar-refractivity contribution in [3.8, 4) is 0 Å². The molecule has 8 nitrogen and oxygen atoms in total. The Labute approximate surface area is 166 Å². The quantitative estimate of drug-likeness (QED) is 0.286. The fourth-order valence-corrected chi connectivity index (χ4v) is 3.69. The summed E-state index contributed by atoms with van der Waals surface area (Å²) in [5, 5.41) is 11.1. The Morgan fingerprint density at radius 3 is 2.61 bits per heavy atom. The van der Waals surface area contributed by atoms with Gasteiger partial charge in [0, 0.05) is 6.07 Å². The van der Waals surface area contributed by atoms with Crippen LogP contribution in [0, 0.1) is 10.1 Å². The lowest BCUT2D eigenvalue weighted by atomic mass is 10.2. The first-order valence-corrected chi connectivity index (χ1v) is 10.7. The molecule has 0 aliphatic carbocycles. The van der Waals surface area contributed by atoms with Crippen LogP contribution >= 0.6 is 11.8 Å². The van der Waals surface area contributed by atoms with Gasteiger partial charge in [0.05, 0.1) is 14.7 Å². The fraction of sp³-hybridized carbons (Fsp3) is 0.167. The first-order chi connectivity index (χ1) is 13.3. The second kappa shape index (κ2) is 10.0. The third-order valence-electron chi connectivity index (χ3n) is 3.51. The van der Waals surface area contributed by atoms with Crippen LogP contribution in [0.2, 0.25) is 0 Å². The summed E-state index contributed by atoms with van der Waals surface area (Å²) < 4.78 is 31.5. The van der Waals surface area contributed by atoms with Crippen LogP contribution in [-0.2, 0) is 19.6 Å². The molecular formula is C18H18N2O6S2. The number of carbonyl (C=O) groups is 1. The molecule has 0 saturated heterocycles. The van der Waals surface area contributed by atoms with E-state index >= 15 is 0 Å². The van der Waals surface area contributed by atoms with E-state index < -0.39 is 27.5 Å². The lowest BCUT2D eigenvalue weighted by Crippen LogP contribution is -2.30. The standard InChI is InChI=1S/C18H18N2O6S2/c1-27-17-10-9-15(12-16(17)20(22)23)28(24,25)19-13-18(21)26-11-5-8-14-6-3-2-4-7-14/h2-10,12,19H,11,13H2,1H3/b8-5+. The molecule has 0 fully saturated rings. The SMILES string of the molecule is CSc1ccc(S(=O)(=O)NCC(=O)OC/C=C/c2ccccc2)cc1[N+](=O)[O-]. The van der Waals surface area contributed by atoms with Crippen molar-refractivity contribution in [3.63, 3.8) is 0 Å². The van der Waals surface area contributed by atoms with Gasteiger partial charge >= 0.3 is 5.97 Å². The number of ether oxygens (including phenoxy) is 1. The molecule has 0 spiro atoms. The molecule has 2 aromatic rings. The maximum absolute atomic E-state index is 12.3. The normalized spacial score (nSPS) is 11.5. The lowest BCUT2D eigenvalue weighted by molar-refractivity contribution is -0.387. The predicted molar refractivity (Wildman–Crippen MR) is 107 cm³/mol. The van der Waals surface area contributed by atoms with Crippen molar-refractivity contribution in [3.05, 3.63) is 70.3 Å². The molecule has 1 N–H and O–H groups in total. The molecule has 0 amide bonds. The lowest BCUT2D eigenvalue weighted by Gasteiger charge is -2.07. The number of hydrogen-bond acceptors (Lipinski definition) is 7. The molecule has 0 aliphatic heterocycles. The summed E-state index contributed by atoms with van der Waals surface area (Å²) in [4.78, 5) is 22.2. The highest BCUT2D eigenvalue weighted by Gasteiger charge is 2.21. The molecule has 0 radical (unpaired) electrons. The summed E-state index contributed by atoms with van der Waals surface area (Å²) in [6, 6.07) is 12.9. The highest BCUT2D eigenvalue weighted by Crippen LogP contribution is 2.29. The van der Waals surface area contributed by atoms with Gasteiger partial charge in [-0.05, 0) is 30.0 Å². The predicted octanol–water partition coefficient (Wildman–Crippen LogP) is 2.85. The van der Waals surface area contributed by atoms with Crippen LogP contribution in [0.1, 0.15) is 5.56 Å². The summed E-state index contributed by atoms with van der Waals surface area (Å²) in [7, 11) is -4.09. The number of carbonyl (C=O) groups excluding carboxylic acids is 1. The average molecular weight is 422 g/mol. The number of sulfonamides is 1. The third-order valence-corrected chi connectivity index (χ3v) is 5.70. The van der Waals surface area contributed by atoms with Gasteiger partial charge in [0.15, 0.2) is 0 Å². The smallest absolute Gasteiger partial charge is 0.321 e. The Morgan fingerprint density at radius 1 is 1.25 bits per heavy atom. The number of rotatable bonds is 9. The maximum Gasteiger partial charge on any atom is 0.321 e. The van der Waals surface area contributed by atoms with E-state index in [2.05, 4.69) is 4.72 Å². The first-order valence-electron chi connectivity index (χ1n) is 8.03. The van der Waals surface area contributed by atoms with Gasteiger partial charge in [0.25, 0.3) is 5.69 Å². The van der Waals surface area contributed by atoms with Gasteiger partial charge in [-0.3, -0.25) is 14.9 Å². The van der Waals surface area contributed by atoms with E-state index in [-0.39, 0.29) is 17.2 Å². The summed E-state index contributed by atoms with van der Waals surface area (Å²) in [5.41, 5.74) is 0.624. The monoisotopic (exact) mass is 422 g/mol. The largest absolute Gasteiger partial charge is 0.460 e. The zero-order valence-corrected chi connectivity index (χ0v) is 16.5. The van der Waals surface area contributed by atoms with Crippen LogP contribution in [-0.4, -0.2) is 38.7 Å². The number of thioether (sulfide) groups is 1. The zero-order chi connectivity index (χ0) is 20.6. The van der Waals surface area contributed by atoms with Gasteiger partial charge in [-0.2, -0.15) is 4.72 Å². The number of hydrogen-bond donors (Lipinski definition) is 1. The fourth-order valence-electron chi connectivity index (χ4n) is 2.16. The number of nitro benzene ring substituents is 1. The number of nitrogens with zero attached hydrogens (tertiary/aromatic N) is 1. The third kappa shape index (κ3) is 6.19. The molecule has 0 heterocycles. The van der Waals surface area contributed by atoms with Gasteiger partial charge in [0.2, 0.25) is 10.0 Å². The summed E-state index contributed by atoms with van der Waals surface area (Å²) in [6.07, 6.45) is 5.05. The average Bonchev–Trinajstić information content (AvgIpc) is 2.70. The number of benzene rings is 2. The van der Waals surface area contributed by atoms with E-state index in [0.717, 1.165) is 23.4 Å². The molecular weight excluding hydrogens is 404 g/mol. The molecule has 10 heteroatoms. The van der Waals surface area contributed by atoms with Crippen molar-refractivity contribution in [1.29, 1.82) is 0 Å². The minimum atomic E-state index is -4.09. The van der Waals surface area contributed by atoms with Crippen molar-refractivity contribution in [1.82, 2.24) is 4.72 Å². The minimum absolute atomic E-state index is 0.0106. The zero-order valence-electron chi connectivity index (χ0n) is 14.9. The summed E-state index contributed by atoms with van der Waals surface area (Å²) in [5.74, 6) is -0.767. The molecule has 0 aromatic heterocycles. The van der Waals surface area contributed by atoms with Gasteiger partial charge in [-0.15, -0.1) is 11.8 Å². The number of esters is 1. The van der Waals surface area contributed by atoms with Gasteiger partial charge < -0.3 is 4.74 Å². The Balaban J connectivity index is 1.92. The van der Waals surface area contributed by atoms with Gasteiger partial charge in [-0.25, -0.2) is 8.42 Å². The Hall–Kier alpha value is -2.69. The van der Waals surface area contributed by atoms with Crippen molar-refractivity contribution in [2.24, 2.45) is 0 Å². The molecule has 0 atom stereocenters. The Kier molecular flexibility index (Phi) is 7.73. The van der Waals surface area contributed by atoms with Crippen LogP contribution in [0.15, 0.2) is 64.4 Å². The molecule has 148 valence electrons. The molecule has 2 rings (SSSR count). The Morgan fingerprint density at radius 2 is 1.96 bits per heavy atom. The van der Waals surface area contributed by atoms with Gasteiger partial charge in [0.1, 0.15) is 13.2 Å². The van der Waals surface area contributed by atoms with E-state index in [1.807, 2.05) is 30.3 Å². The van der Waals surface area contributed by atoms with E-state index in [1.165, 1.54) is 12.1 Å². The van der Waals surface area contributed by atoms with Crippen molar-refractivity contribution in [2.45, 2.75) is 9.79 Å². The van der Waals surface area contributed by atoms with Crippen molar-refractivity contribution >= 4 is 39.5 Å². The number of nitrogens with one attached hydrogen (secondary N) is 1.